The number of anilines is 1. The molecule has 0 aliphatic heterocycles. The minimum atomic E-state index is -0.743. The average Bonchev–Trinajstić information content (AvgIpc) is 2.39. The Hall–Kier alpha value is -0.640. The molecule has 0 atom stereocenters. The van der Waals surface area contributed by atoms with Crippen molar-refractivity contribution >= 4 is 34.9 Å². The van der Waals surface area contributed by atoms with Crippen LogP contribution < -0.4 is 17.3 Å². The van der Waals surface area contributed by atoms with Gasteiger partial charge >= 0.3 is 7.40 Å². The number of halogens is 3. The maximum Gasteiger partial charge on any atom is 1.00 e. The minimum Gasteiger partial charge on any atom is -1.00 e. The van der Waals surface area contributed by atoms with Gasteiger partial charge in [0.05, 0.1) is 0 Å². The Labute approximate surface area is 137 Å². The molecule has 0 saturated heterocycles. The van der Waals surface area contributed by atoms with E-state index in [0.29, 0.717) is 18.2 Å². The van der Waals surface area contributed by atoms with E-state index in [0.717, 1.165) is 30.8 Å². The van der Waals surface area contributed by atoms with Gasteiger partial charge in [0.15, 0.2) is 0 Å². The van der Waals surface area contributed by atoms with E-state index in [1.807, 2.05) is 24.3 Å². The summed E-state index contributed by atoms with van der Waals surface area (Å²) in [6.45, 7) is 1.54. The predicted octanol–water partition coefficient (Wildman–Crippen LogP) is 0.494. The largest absolute Gasteiger partial charge is 1.00 e. The number of rotatable bonds is 9. The van der Waals surface area contributed by atoms with Crippen LogP contribution in [0.5, 0.6) is 0 Å². The summed E-state index contributed by atoms with van der Waals surface area (Å²) in [6.07, 6.45) is 1.67. The SMILES string of the molecule is O=C(O)CCCc1ccc(N(CCCl)CCCl)cc1.[Cl-].[H+]. The first-order valence-electron chi connectivity index (χ1n) is 6.35. The molecule has 0 bridgehead atoms. The molecule has 1 rings (SSSR count). The zero-order chi connectivity index (χ0) is 14.1. The van der Waals surface area contributed by atoms with Crippen LogP contribution in [0.15, 0.2) is 24.3 Å². The van der Waals surface area contributed by atoms with Crippen molar-refractivity contribution in [2.75, 3.05) is 29.7 Å². The molecule has 0 fully saturated rings. The van der Waals surface area contributed by atoms with E-state index >= 15 is 0 Å². The van der Waals surface area contributed by atoms with Gasteiger partial charge in [-0.05, 0) is 30.5 Å². The maximum atomic E-state index is 10.4. The van der Waals surface area contributed by atoms with Gasteiger partial charge < -0.3 is 22.4 Å². The first-order valence-corrected chi connectivity index (χ1v) is 7.42. The van der Waals surface area contributed by atoms with E-state index in [1.165, 1.54) is 0 Å². The summed E-state index contributed by atoms with van der Waals surface area (Å²) in [5, 5.41) is 8.59. The molecule has 3 nitrogen and oxygen atoms in total. The van der Waals surface area contributed by atoms with Gasteiger partial charge in [0.1, 0.15) is 0 Å². The molecule has 0 heterocycles. The van der Waals surface area contributed by atoms with Crippen LogP contribution in [0.2, 0.25) is 0 Å². The number of hydrogen-bond donors (Lipinski definition) is 1. The van der Waals surface area contributed by atoms with Crippen LogP contribution in [0.4, 0.5) is 5.69 Å². The van der Waals surface area contributed by atoms with Gasteiger partial charge in [-0.15, -0.1) is 23.2 Å². The van der Waals surface area contributed by atoms with Crippen LogP contribution in [-0.2, 0) is 11.2 Å². The van der Waals surface area contributed by atoms with Crippen molar-refractivity contribution in [2.45, 2.75) is 19.3 Å². The third-order valence-corrected chi connectivity index (χ3v) is 3.20. The Morgan fingerprint density at radius 1 is 1.15 bits per heavy atom. The van der Waals surface area contributed by atoms with Crippen molar-refractivity contribution < 1.29 is 23.7 Å². The molecule has 0 aromatic heterocycles. The number of alkyl halides is 2. The molecule has 0 radical (unpaired) electrons. The van der Waals surface area contributed by atoms with Crippen molar-refractivity contribution in [3.8, 4) is 0 Å². The zero-order valence-corrected chi connectivity index (χ0v) is 13.5. The van der Waals surface area contributed by atoms with Crippen molar-refractivity contribution in [1.82, 2.24) is 0 Å². The molecule has 0 aliphatic rings. The second-order valence-corrected chi connectivity index (χ2v) is 5.03. The lowest BCUT2D eigenvalue weighted by Crippen LogP contribution is -3.00. The molecule has 20 heavy (non-hydrogen) atoms. The standard InChI is InChI=1S/C14H19Cl2NO2.ClH/c15-8-10-17(11-9-16)13-6-4-12(5-7-13)2-1-3-14(18)19;/h4-7H,1-3,8-11H2,(H,18,19);1H. The predicted molar refractivity (Wildman–Crippen MR) is 81.8 cm³/mol. The van der Waals surface area contributed by atoms with Gasteiger partial charge in [0.2, 0.25) is 0 Å². The topological polar surface area (TPSA) is 40.5 Å². The number of carboxylic acids is 1. The number of hydrogen-bond acceptors (Lipinski definition) is 2. The Bertz CT molecular complexity index is 384. The van der Waals surface area contributed by atoms with Gasteiger partial charge in [0.25, 0.3) is 0 Å². The van der Waals surface area contributed by atoms with Gasteiger partial charge in [-0.2, -0.15) is 0 Å². The van der Waals surface area contributed by atoms with E-state index in [1.54, 1.807) is 0 Å². The van der Waals surface area contributed by atoms with Crippen molar-refractivity contribution in [3.05, 3.63) is 29.8 Å². The summed E-state index contributed by atoms with van der Waals surface area (Å²) in [4.78, 5) is 12.6. The van der Waals surface area contributed by atoms with Crippen LogP contribution in [-0.4, -0.2) is 35.9 Å². The lowest BCUT2D eigenvalue weighted by atomic mass is 10.1. The molecule has 0 spiro atoms. The Morgan fingerprint density at radius 3 is 2.15 bits per heavy atom. The number of aliphatic carboxylic acids is 1. The molecule has 0 aliphatic carbocycles. The summed E-state index contributed by atoms with van der Waals surface area (Å²) >= 11 is 11.5. The quantitative estimate of drug-likeness (QED) is 0.665. The highest BCUT2D eigenvalue weighted by atomic mass is 35.5. The van der Waals surface area contributed by atoms with E-state index in [9.17, 15) is 4.79 Å². The molecule has 0 amide bonds. The van der Waals surface area contributed by atoms with E-state index < -0.39 is 5.97 Å². The molecular formula is C14H20Cl3NO2. The van der Waals surface area contributed by atoms with E-state index in [-0.39, 0.29) is 20.3 Å². The summed E-state index contributed by atoms with van der Waals surface area (Å²) in [7, 11) is 0. The van der Waals surface area contributed by atoms with Gasteiger partial charge in [-0.3, -0.25) is 4.79 Å². The number of benzene rings is 1. The molecule has 0 saturated carbocycles. The van der Waals surface area contributed by atoms with Crippen molar-refractivity contribution in [2.24, 2.45) is 0 Å². The van der Waals surface area contributed by atoms with Crippen LogP contribution in [0.3, 0.4) is 0 Å². The lowest BCUT2D eigenvalue weighted by molar-refractivity contribution is -0.137. The fourth-order valence-corrected chi connectivity index (χ4v) is 2.30. The fourth-order valence-electron chi connectivity index (χ4n) is 1.89. The van der Waals surface area contributed by atoms with Gasteiger partial charge in [-0.25, -0.2) is 0 Å². The summed E-state index contributed by atoms with van der Waals surface area (Å²) < 4.78 is 0. The zero-order valence-electron chi connectivity index (χ0n) is 12.2. The highest BCUT2D eigenvalue weighted by molar-refractivity contribution is 6.18. The first-order chi connectivity index (χ1) is 9.17. The smallest absolute Gasteiger partial charge is 1.00 e. The molecule has 0 unspecified atom stereocenters. The van der Waals surface area contributed by atoms with Crippen LogP contribution >= 0.6 is 23.2 Å². The normalized spacial score (nSPS) is 9.90. The molecular weight excluding hydrogens is 321 g/mol. The Morgan fingerprint density at radius 2 is 1.70 bits per heavy atom. The van der Waals surface area contributed by atoms with Crippen LogP contribution in [0, 0.1) is 0 Å². The van der Waals surface area contributed by atoms with Crippen molar-refractivity contribution in [1.29, 1.82) is 0 Å². The van der Waals surface area contributed by atoms with E-state index in [2.05, 4.69) is 4.90 Å². The number of carboxylic acid groups (broad SMARTS) is 1. The Kier molecular flexibility index (Phi) is 10.7. The summed E-state index contributed by atoms with van der Waals surface area (Å²) in [5.74, 6) is 0.390. The fraction of sp³-hybridized carbons (Fsp3) is 0.500. The summed E-state index contributed by atoms with van der Waals surface area (Å²) in [6, 6.07) is 8.14. The highest BCUT2D eigenvalue weighted by Crippen LogP contribution is 2.16. The molecule has 1 aromatic rings. The second-order valence-electron chi connectivity index (χ2n) is 4.28. The number of nitrogens with zero attached hydrogens (tertiary/aromatic N) is 1. The highest BCUT2D eigenvalue weighted by Gasteiger charge is 2.05. The third-order valence-electron chi connectivity index (χ3n) is 2.87. The first kappa shape index (κ1) is 19.4. The molecule has 6 heteroatoms. The van der Waals surface area contributed by atoms with Crippen molar-refractivity contribution in [3.63, 3.8) is 0 Å². The molecule has 1 aromatic carbocycles. The second kappa shape index (κ2) is 11.1. The van der Waals surface area contributed by atoms with Gasteiger partial charge in [-0.1, -0.05) is 12.1 Å². The Balaban J connectivity index is 0. The van der Waals surface area contributed by atoms with Crippen LogP contribution in [0.1, 0.15) is 19.8 Å². The lowest BCUT2D eigenvalue weighted by Gasteiger charge is -2.23. The van der Waals surface area contributed by atoms with Gasteiger partial charge in [0, 0.05) is 37.0 Å². The maximum absolute atomic E-state index is 10.4. The average molecular weight is 341 g/mol. The molecule has 1 N–H and O–H groups in total. The number of aryl methyl sites for hydroxylation is 1. The van der Waals surface area contributed by atoms with Crippen LogP contribution in [0.25, 0.3) is 0 Å². The minimum absolute atomic E-state index is 0. The number of carbonyl (C=O) groups is 1. The summed E-state index contributed by atoms with van der Waals surface area (Å²) in [5.41, 5.74) is 2.25. The van der Waals surface area contributed by atoms with E-state index in [4.69, 9.17) is 28.3 Å². The monoisotopic (exact) mass is 339 g/mol. The third kappa shape index (κ3) is 7.22. The molecule has 114 valence electrons.